The van der Waals surface area contributed by atoms with Crippen LogP contribution in [0.25, 0.3) is 0 Å². The molecule has 2 rings (SSSR count). The summed E-state index contributed by atoms with van der Waals surface area (Å²) in [6.07, 6.45) is 2.71. The molecule has 100 valence electrons. The standard InChI is InChI=1S/C14H20Cl2N2/c1-10(13-9-11(15)3-6-14(13)16)17-7-8-18(2)12-4-5-12/h3,6,9-10,12,17H,4-5,7-8H2,1-2H3. The number of benzene rings is 1. The molecule has 1 aromatic carbocycles. The van der Waals surface area contributed by atoms with Crippen molar-refractivity contribution < 1.29 is 0 Å². The molecule has 0 aromatic heterocycles. The van der Waals surface area contributed by atoms with Gasteiger partial charge in [0.15, 0.2) is 0 Å². The van der Waals surface area contributed by atoms with Gasteiger partial charge >= 0.3 is 0 Å². The van der Waals surface area contributed by atoms with Gasteiger partial charge in [-0.15, -0.1) is 0 Å². The van der Waals surface area contributed by atoms with Gasteiger partial charge in [-0.2, -0.15) is 0 Å². The summed E-state index contributed by atoms with van der Waals surface area (Å²) < 4.78 is 0. The van der Waals surface area contributed by atoms with Gasteiger partial charge < -0.3 is 10.2 Å². The topological polar surface area (TPSA) is 15.3 Å². The van der Waals surface area contributed by atoms with E-state index in [9.17, 15) is 0 Å². The minimum atomic E-state index is 0.226. The second-order valence-corrected chi connectivity index (χ2v) is 5.90. The van der Waals surface area contributed by atoms with E-state index in [1.54, 1.807) is 0 Å². The minimum absolute atomic E-state index is 0.226. The second kappa shape index (κ2) is 6.25. The maximum Gasteiger partial charge on any atom is 0.0454 e. The van der Waals surface area contributed by atoms with Crippen LogP contribution in [0.5, 0.6) is 0 Å². The summed E-state index contributed by atoms with van der Waals surface area (Å²) in [6.45, 7) is 4.17. The lowest BCUT2D eigenvalue weighted by Crippen LogP contribution is -2.32. The van der Waals surface area contributed by atoms with Crippen LogP contribution in [-0.4, -0.2) is 31.1 Å². The first kappa shape index (κ1) is 14.1. The Labute approximate surface area is 119 Å². The molecule has 2 nitrogen and oxygen atoms in total. The zero-order valence-electron chi connectivity index (χ0n) is 10.9. The summed E-state index contributed by atoms with van der Waals surface area (Å²) in [5.41, 5.74) is 1.07. The quantitative estimate of drug-likeness (QED) is 0.857. The number of nitrogens with zero attached hydrogens (tertiary/aromatic N) is 1. The molecule has 1 fully saturated rings. The molecule has 18 heavy (non-hydrogen) atoms. The van der Waals surface area contributed by atoms with Gasteiger partial charge in [0, 0.05) is 35.2 Å². The Hall–Kier alpha value is -0.280. The molecule has 1 saturated carbocycles. The monoisotopic (exact) mass is 286 g/mol. The van der Waals surface area contributed by atoms with Crippen molar-refractivity contribution in [3.05, 3.63) is 33.8 Å². The van der Waals surface area contributed by atoms with Crippen LogP contribution in [0.2, 0.25) is 10.0 Å². The van der Waals surface area contributed by atoms with Gasteiger partial charge in [0.2, 0.25) is 0 Å². The highest BCUT2D eigenvalue weighted by Gasteiger charge is 2.25. The maximum atomic E-state index is 6.18. The molecule has 0 amide bonds. The Morgan fingerprint density at radius 1 is 1.39 bits per heavy atom. The zero-order valence-corrected chi connectivity index (χ0v) is 12.4. The third kappa shape index (κ3) is 3.86. The molecule has 1 aliphatic carbocycles. The Morgan fingerprint density at radius 3 is 2.78 bits per heavy atom. The highest BCUT2D eigenvalue weighted by Crippen LogP contribution is 2.26. The van der Waals surface area contributed by atoms with Crippen LogP contribution in [0.4, 0.5) is 0 Å². The smallest absolute Gasteiger partial charge is 0.0454 e. The number of likely N-dealkylation sites (N-methyl/N-ethyl adjacent to an activating group) is 1. The Kier molecular flexibility index (Phi) is 4.91. The van der Waals surface area contributed by atoms with Crippen LogP contribution in [0.1, 0.15) is 31.4 Å². The van der Waals surface area contributed by atoms with E-state index in [4.69, 9.17) is 23.2 Å². The summed E-state index contributed by atoms with van der Waals surface area (Å²) in [7, 11) is 2.19. The molecule has 1 unspecified atom stereocenters. The van der Waals surface area contributed by atoms with Crippen molar-refractivity contribution in [2.75, 3.05) is 20.1 Å². The summed E-state index contributed by atoms with van der Waals surface area (Å²) in [6, 6.07) is 6.65. The van der Waals surface area contributed by atoms with Crippen LogP contribution in [-0.2, 0) is 0 Å². The number of nitrogens with one attached hydrogen (secondary N) is 1. The number of halogens is 2. The fourth-order valence-electron chi connectivity index (χ4n) is 2.11. The second-order valence-electron chi connectivity index (χ2n) is 5.05. The van der Waals surface area contributed by atoms with E-state index < -0.39 is 0 Å². The van der Waals surface area contributed by atoms with Crippen LogP contribution < -0.4 is 5.32 Å². The van der Waals surface area contributed by atoms with Crippen molar-refractivity contribution >= 4 is 23.2 Å². The highest BCUT2D eigenvalue weighted by molar-refractivity contribution is 6.33. The normalized spacial score (nSPS) is 17.2. The molecule has 1 aromatic rings. The predicted octanol–water partition coefficient (Wildman–Crippen LogP) is 3.74. The van der Waals surface area contributed by atoms with Crippen LogP contribution in [0, 0.1) is 0 Å². The van der Waals surface area contributed by atoms with Crippen molar-refractivity contribution in [1.29, 1.82) is 0 Å². The molecular formula is C14H20Cl2N2. The van der Waals surface area contributed by atoms with E-state index in [0.717, 1.165) is 34.7 Å². The molecule has 0 aliphatic heterocycles. The molecule has 0 bridgehead atoms. The van der Waals surface area contributed by atoms with Gasteiger partial charge in [-0.3, -0.25) is 0 Å². The lowest BCUT2D eigenvalue weighted by Gasteiger charge is -2.20. The summed E-state index contributed by atoms with van der Waals surface area (Å²) in [5, 5.41) is 5.00. The van der Waals surface area contributed by atoms with E-state index in [1.807, 2.05) is 18.2 Å². The molecule has 4 heteroatoms. The van der Waals surface area contributed by atoms with Gasteiger partial charge in [0.25, 0.3) is 0 Å². The lowest BCUT2D eigenvalue weighted by atomic mass is 10.1. The van der Waals surface area contributed by atoms with Crippen molar-refractivity contribution in [2.24, 2.45) is 0 Å². The number of hydrogen-bond donors (Lipinski definition) is 1. The van der Waals surface area contributed by atoms with E-state index in [-0.39, 0.29) is 6.04 Å². The molecule has 1 aliphatic rings. The molecule has 1 atom stereocenters. The first-order valence-corrected chi connectivity index (χ1v) is 7.22. The molecule has 0 heterocycles. The van der Waals surface area contributed by atoms with Crippen LogP contribution in [0.3, 0.4) is 0 Å². The molecular weight excluding hydrogens is 267 g/mol. The Bertz CT molecular complexity index is 405. The van der Waals surface area contributed by atoms with Gasteiger partial charge in [-0.05, 0) is 50.6 Å². The van der Waals surface area contributed by atoms with Gasteiger partial charge in [0.05, 0.1) is 0 Å². The molecule has 1 N–H and O–H groups in total. The third-order valence-corrected chi connectivity index (χ3v) is 4.09. The average Bonchev–Trinajstić information content (AvgIpc) is 3.16. The highest BCUT2D eigenvalue weighted by atomic mass is 35.5. The van der Waals surface area contributed by atoms with Crippen molar-refractivity contribution in [3.8, 4) is 0 Å². The Morgan fingerprint density at radius 2 is 2.11 bits per heavy atom. The summed E-state index contributed by atoms with van der Waals surface area (Å²) in [5.74, 6) is 0. The maximum absolute atomic E-state index is 6.18. The van der Waals surface area contributed by atoms with E-state index in [0.29, 0.717) is 0 Å². The lowest BCUT2D eigenvalue weighted by molar-refractivity contribution is 0.316. The summed E-state index contributed by atoms with van der Waals surface area (Å²) in [4.78, 5) is 2.42. The average molecular weight is 287 g/mol. The SMILES string of the molecule is CC(NCCN(C)C1CC1)c1cc(Cl)ccc1Cl. The molecule has 0 spiro atoms. The summed E-state index contributed by atoms with van der Waals surface area (Å²) >= 11 is 12.2. The van der Waals surface area contributed by atoms with Crippen molar-refractivity contribution in [2.45, 2.75) is 31.8 Å². The minimum Gasteiger partial charge on any atom is -0.309 e. The fraction of sp³-hybridized carbons (Fsp3) is 0.571. The molecule has 0 saturated heterocycles. The van der Waals surface area contributed by atoms with Crippen LogP contribution in [0.15, 0.2) is 18.2 Å². The largest absolute Gasteiger partial charge is 0.309 e. The third-order valence-electron chi connectivity index (χ3n) is 3.51. The van der Waals surface area contributed by atoms with E-state index in [1.165, 1.54) is 12.8 Å². The van der Waals surface area contributed by atoms with Gasteiger partial charge in [0.1, 0.15) is 0 Å². The van der Waals surface area contributed by atoms with Gasteiger partial charge in [-0.25, -0.2) is 0 Å². The van der Waals surface area contributed by atoms with E-state index in [2.05, 4.69) is 24.2 Å². The molecule has 0 radical (unpaired) electrons. The van der Waals surface area contributed by atoms with Crippen molar-refractivity contribution in [3.63, 3.8) is 0 Å². The first-order valence-electron chi connectivity index (χ1n) is 6.46. The van der Waals surface area contributed by atoms with Gasteiger partial charge in [-0.1, -0.05) is 23.2 Å². The van der Waals surface area contributed by atoms with E-state index >= 15 is 0 Å². The number of hydrogen-bond acceptors (Lipinski definition) is 2. The van der Waals surface area contributed by atoms with Crippen molar-refractivity contribution in [1.82, 2.24) is 10.2 Å². The van der Waals surface area contributed by atoms with Crippen LogP contribution >= 0.6 is 23.2 Å². The Balaban J connectivity index is 1.82. The zero-order chi connectivity index (χ0) is 13.1. The predicted molar refractivity (Wildman–Crippen MR) is 78.5 cm³/mol. The first-order chi connectivity index (χ1) is 8.58. The number of rotatable bonds is 6. The fourth-order valence-corrected chi connectivity index (χ4v) is 2.57.